The maximum absolute atomic E-state index is 11.0. The van der Waals surface area contributed by atoms with E-state index < -0.39 is 0 Å². The Morgan fingerprint density at radius 2 is 1.67 bits per heavy atom. The predicted molar refractivity (Wildman–Crippen MR) is 42.7 cm³/mol. The van der Waals surface area contributed by atoms with Crippen molar-refractivity contribution < 1.29 is 4.65 Å². The smallest absolute Gasteiger partial charge is 0.154 e. The molecule has 0 aliphatic heterocycles. The van der Waals surface area contributed by atoms with Crippen molar-refractivity contribution in [3.63, 3.8) is 0 Å². The molecule has 0 aromatic carbocycles. The normalized spacial score (nSPS) is 10.7. The summed E-state index contributed by atoms with van der Waals surface area (Å²) in [4.78, 5) is 0. The summed E-state index contributed by atoms with van der Waals surface area (Å²) in [5, 5.41) is 11.0. The van der Waals surface area contributed by atoms with E-state index in [1.807, 2.05) is 13.8 Å². The van der Waals surface area contributed by atoms with Gasteiger partial charge < -0.3 is 9.85 Å². The van der Waals surface area contributed by atoms with Gasteiger partial charge in [-0.3, -0.25) is 0 Å². The molecule has 0 heterocycles. The third-order valence-corrected chi connectivity index (χ3v) is 1.81. The van der Waals surface area contributed by atoms with Crippen LogP contribution in [0.25, 0.3) is 0 Å². The minimum absolute atomic E-state index is 0. The molecule has 0 saturated carbocycles. The Balaban J connectivity index is 0. The van der Waals surface area contributed by atoms with Crippen LogP contribution < -0.4 is 0 Å². The van der Waals surface area contributed by atoms with Crippen LogP contribution in [0.2, 0.25) is 0 Å². The van der Waals surface area contributed by atoms with Gasteiger partial charge in [-0.15, -0.1) is 12.4 Å². The van der Waals surface area contributed by atoms with Crippen LogP contribution in [0.4, 0.5) is 0 Å². The molecule has 0 aromatic heterocycles. The molecule has 9 heavy (non-hydrogen) atoms. The van der Waals surface area contributed by atoms with Crippen molar-refractivity contribution in [3.8, 4) is 0 Å². The SMILES string of the molecule is CC[N+]([O-])(CC)CCl.Cl. The first-order valence-corrected chi connectivity index (χ1v) is 3.35. The minimum Gasteiger partial charge on any atom is -0.632 e. The summed E-state index contributed by atoms with van der Waals surface area (Å²) in [5.74, 6) is 0. The molecule has 58 valence electrons. The number of hydrogen-bond donors (Lipinski definition) is 0. The van der Waals surface area contributed by atoms with Gasteiger partial charge >= 0.3 is 0 Å². The Labute approximate surface area is 67.4 Å². The molecule has 0 atom stereocenters. The summed E-state index contributed by atoms with van der Waals surface area (Å²) in [6.45, 7) is 4.83. The molecule has 0 bridgehead atoms. The van der Waals surface area contributed by atoms with E-state index in [2.05, 4.69) is 0 Å². The van der Waals surface area contributed by atoms with E-state index in [0.29, 0.717) is 13.1 Å². The molecule has 0 radical (unpaired) electrons. The van der Waals surface area contributed by atoms with Gasteiger partial charge in [-0.25, -0.2) is 0 Å². The molecule has 0 spiro atoms. The van der Waals surface area contributed by atoms with Crippen molar-refractivity contribution in [2.24, 2.45) is 0 Å². The fraction of sp³-hybridized carbons (Fsp3) is 1.00. The van der Waals surface area contributed by atoms with Gasteiger partial charge in [-0.05, 0) is 13.8 Å². The molecule has 0 fully saturated rings. The number of quaternary nitrogens is 1. The Morgan fingerprint density at radius 3 is 1.67 bits per heavy atom. The molecule has 0 amide bonds. The summed E-state index contributed by atoms with van der Waals surface area (Å²) < 4.78 is -0.276. The maximum atomic E-state index is 11.0. The standard InChI is InChI=1S/C5H12ClNO.ClH/c1-3-7(8,4-2)5-6;/h3-5H2,1-2H3;1H. The van der Waals surface area contributed by atoms with E-state index in [0.717, 1.165) is 0 Å². The van der Waals surface area contributed by atoms with Crippen LogP contribution in [0.15, 0.2) is 0 Å². The summed E-state index contributed by atoms with van der Waals surface area (Å²) in [6.07, 6.45) is 0. The molecule has 0 rings (SSSR count). The largest absolute Gasteiger partial charge is 0.632 e. The third-order valence-electron chi connectivity index (χ3n) is 1.37. The number of hydrogen-bond acceptors (Lipinski definition) is 1. The fourth-order valence-corrected chi connectivity index (χ4v) is 0.731. The molecular weight excluding hydrogens is 161 g/mol. The van der Waals surface area contributed by atoms with Gasteiger partial charge in [-0.2, -0.15) is 0 Å². The van der Waals surface area contributed by atoms with E-state index in [4.69, 9.17) is 11.6 Å². The van der Waals surface area contributed by atoms with Gasteiger partial charge in [0.25, 0.3) is 0 Å². The number of rotatable bonds is 3. The van der Waals surface area contributed by atoms with Crippen molar-refractivity contribution in [3.05, 3.63) is 5.21 Å². The first-order chi connectivity index (χ1) is 3.68. The van der Waals surface area contributed by atoms with Crippen LogP contribution in [-0.2, 0) is 0 Å². The summed E-state index contributed by atoms with van der Waals surface area (Å²) in [6, 6.07) is 0.174. The van der Waals surface area contributed by atoms with E-state index in [9.17, 15) is 5.21 Å². The number of hydroxylamine groups is 3. The lowest BCUT2D eigenvalue weighted by atomic mass is 10.5. The molecule has 4 heteroatoms. The van der Waals surface area contributed by atoms with Gasteiger partial charge in [0.1, 0.15) is 0 Å². The number of alkyl halides is 1. The van der Waals surface area contributed by atoms with Gasteiger partial charge in [0, 0.05) is 0 Å². The molecule has 0 N–H and O–H groups in total. The van der Waals surface area contributed by atoms with Gasteiger partial charge in [-0.1, -0.05) is 11.6 Å². The quantitative estimate of drug-likeness (QED) is 0.277. The van der Waals surface area contributed by atoms with Crippen LogP contribution in [0.3, 0.4) is 0 Å². The van der Waals surface area contributed by atoms with E-state index >= 15 is 0 Å². The van der Waals surface area contributed by atoms with Crippen LogP contribution >= 0.6 is 24.0 Å². The number of halogens is 2. The van der Waals surface area contributed by atoms with Crippen molar-refractivity contribution in [2.75, 3.05) is 19.1 Å². The van der Waals surface area contributed by atoms with Crippen molar-refractivity contribution in [1.29, 1.82) is 0 Å². The Kier molecular flexibility index (Phi) is 7.18. The van der Waals surface area contributed by atoms with Gasteiger partial charge in [0.05, 0.1) is 13.1 Å². The van der Waals surface area contributed by atoms with Crippen molar-refractivity contribution in [1.82, 2.24) is 0 Å². The first-order valence-electron chi connectivity index (χ1n) is 2.81. The highest BCUT2D eigenvalue weighted by molar-refractivity contribution is 6.17. The molecule has 0 saturated heterocycles. The van der Waals surface area contributed by atoms with Crippen LogP contribution in [0.5, 0.6) is 0 Å². The molecule has 0 aliphatic carbocycles. The Hall–Kier alpha value is 0.500. The maximum Gasteiger partial charge on any atom is 0.154 e. The zero-order valence-corrected chi connectivity index (χ0v) is 7.34. The molecule has 0 aromatic rings. The van der Waals surface area contributed by atoms with Crippen molar-refractivity contribution in [2.45, 2.75) is 13.8 Å². The minimum atomic E-state index is -0.276. The first kappa shape index (κ1) is 12.2. The Morgan fingerprint density at radius 1 is 1.33 bits per heavy atom. The summed E-state index contributed by atoms with van der Waals surface area (Å²) >= 11 is 5.37. The summed E-state index contributed by atoms with van der Waals surface area (Å²) in [7, 11) is 0. The highest BCUT2D eigenvalue weighted by atomic mass is 35.5. The molecule has 0 unspecified atom stereocenters. The van der Waals surface area contributed by atoms with E-state index in [-0.39, 0.29) is 23.1 Å². The lowest BCUT2D eigenvalue weighted by Gasteiger charge is -2.38. The second-order valence-corrected chi connectivity index (χ2v) is 2.05. The molecular formula is C5H13Cl2NO. The predicted octanol–water partition coefficient (Wildman–Crippen LogP) is 1.96. The summed E-state index contributed by atoms with van der Waals surface area (Å²) in [5.41, 5.74) is 0. The monoisotopic (exact) mass is 173 g/mol. The lowest BCUT2D eigenvalue weighted by molar-refractivity contribution is -0.865. The fourth-order valence-electron chi connectivity index (χ4n) is 0.393. The second kappa shape index (κ2) is 5.30. The number of nitrogens with zero attached hydrogens (tertiary/aromatic N) is 1. The van der Waals surface area contributed by atoms with Crippen molar-refractivity contribution >= 4 is 24.0 Å². The highest BCUT2D eigenvalue weighted by Crippen LogP contribution is 2.03. The van der Waals surface area contributed by atoms with Gasteiger partial charge in [0.15, 0.2) is 6.00 Å². The zero-order chi connectivity index (χ0) is 6.62. The van der Waals surface area contributed by atoms with Gasteiger partial charge in [0.2, 0.25) is 0 Å². The second-order valence-electron chi connectivity index (χ2n) is 1.81. The highest BCUT2D eigenvalue weighted by Gasteiger charge is 2.06. The zero-order valence-electron chi connectivity index (χ0n) is 5.76. The van der Waals surface area contributed by atoms with Crippen LogP contribution in [-0.4, -0.2) is 23.7 Å². The van der Waals surface area contributed by atoms with E-state index in [1.165, 1.54) is 0 Å². The average Bonchev–Trinajstić information content (AvgIpc) is 1.87. The van der Waals surface area contributed by atoms with Crippen LogP contribution in [0, 0.1) is 5.21 Å². The van der Waals surface area contributed by atoms with Crippen LogP contribution in [0.1, 0.15) is 13.8 Å². The Bertz CT molecular complexity index is 57.7. The molecule has 2 nitrogen and oxygen atoms in total. The van der Waals surface area contributed by atoms with E-state index in [1.54, 1.807) is 0 Å². The topological polar surface area (TPSA) is 23.1 Å². The third kappa shape index (κ3) is 3.98. The molecule has 0 aliphatic rings. The average molecular weight is 174 g/mol. The lowest BCUT2D eigenvalue weighted by Crippen LogP contribution is -2.40.